The first-order valence-corrected chi connectivity index (χ1v) is 9.03. The molecule has 1 nitrogen and oxygen atoms in total. The third-order valence-corrected chi connectivity index (χ3v) is 5.15. The highest BCUT2D eigenvalue weighted by atomic mass is 35.5. The minimum absolute atomic E-state index is 0.761. The Bertz CT molecular complexity index is 1220. The van der Waals surface area contributed by atoms with Gasteiger partial charge in [0.1, 0.15) is 0 Å². The normalized spacial score (nSPS) is 11.3. The zero-order chi connectivity index (χ0) is 17.5. The number of halogens is 1. The number of H-pyrrole nitrogens is 1. The molecule has 0 bridgehead atoms. The zero-order valence-electron chi connectivity index (χ0n) is 14.0. The summed E-state index contributed by atoms with van der Waals surface area (Å²) in [6, 6.07) is 31.7. The molecule has 0 aliphatic heterocycles. The first-order valence-electron chi connectivity index (χ1n) is 8.65. The van der Waals surface area contributed by atoms with Crippen LogP contribution < -0.4 is 0 Å². The summed E-state index contributed by atoms with van der Waals surface area (Å²) in [4.78, 5) is 3.52. The van der Waals surface area contributed by atoms with Gasteiger partial charge in [0.25, 0.3) is 0 Å². The summed E-state index contributed by atoms with van der Waals surface area (Å²) in [6.07, 6.45) is 0. The van der Waals surface area contributed by atoms with Gasteiger partial charge in [0.15, 0.2) is 0 Å². The van der Waals surface area contributed by atoms with Gasteiger partial charge in [-0.2, -0.15) is 0 Å². The Hall–Kier alpha value is -3.03. The standard InChI is InChI=1S/C24H16ClN/c25-20-12-9-17(10-13-20)16-5-7-18(8-6-16)19-11-14-22-21-3-1-2-4-23(21)26-24(22)15-19/h1-15,26H. The van der Waals surface area contributed by atoms with Gasteiger partial charge >= 0.3 is 0 Å². The Kier molecular flexibility index (Phi) is 3.55. The fraction of sp³-hybridized carbons (Fsp3) is 0. The minimum Gasteiger partial charge on any atom is -0.354 e. The largest absolute Gasteiger partial charge is 0.354 e. The molecule has 0 spiro atoms. The quantitative estimate of drug-likeness (QED) is 0.342. The van der Waals surface area contributed by atoms with Crippen molar-refractivity contribution in [2.75, 3.05) is 0 Å². The third kappa shape index (κ3) is 2.58. The van der Waals surface area contributed by atoms with E-state index < -0.39 is 0 Å². The second kappa shape index (κ2) is 6.05. The van der Waals surface area contributed by atoms with E-state index in [1.807, 2.05) is 24.3 Å². The van der Waals surface area contributed by atoms with E-state index >= 15 is 0 Å². The monoisotopic (exact) mass is 353 g/mol. The number of benzene rings is 4. The van der Waals surface area contributed by atoms with Crippen molar-refractivity contribution in [2.24, 2.45) is 0 Å². The molecule has 5 rings (SSSR count). The number of hydrogen-bond donors (Lipinski definition) is 1. The maximum absolute atomic E-state index is 5.98. The number of para-hydroxylation sites is 1. The fourth-order valence-electron chi connectivity index (χ4n) is 3.53. The second-order valence-electron chi connectivity index (χ2n) is 6.52. The van der Waals surface area contributed by atoms with Crippen LogP contribution in [0.4, 0.5) is 0 Å². The molecule has 0 saturated heterocycles. The molecule has 1 aromatic heterocycles. The van der Waals surface area contributed by atoms with E-state index in [2.05, 4.69) is 71.7 Å². The van der Waals surface area contributed by atoms with E-state index in [0.29, 0.717) is 0 Å². The van der Waals surface area contributed by atoms with Crippen molar-refractivity contribution in [2.45, 2.75) is 0 Å². The van der Waals surface area contributed by atoms with Crippen LogP contribution in [0.1, 0.15) is 0 Å². The molecule has 2 heteroatoms. The lowest BCUT2D eigenvalue weighted by molar-refractivity contribution is 1.54. The van der Waals surface area contributed by atoms with Gasteiger partial charge in [-0.15, -0.1) is 0 Å². The van der Waals surface area contributed by atoms with E-state index in [4.69, 9.17) is 11.6 Å². The second-order valence-corrected chi connectivity index (χ2v) is 6.95. The molecule has 0 aliphatic rings. The zero-order valence-corrected chi connectivity index (χ0v) is 14.8. The summed E-state index contributed by atoms with van der Waals surface area (Å²) in [5.74, 6) is 0. The molecule has 0 fully saturated rings. The van der Waals surface area contributed by atoms with Crippen LogP contribution >= 0.6 is 11.6 Å². The highest BCUT2D eigenvalue weighted by molar-refractivity contribution is 6.30. The lowest BCUT2D eigenvalue weighted by atomic mass is 9.99. The van der Waals surface area contributed by atoms with Gasteiger partial charge < -0.3 is 4.98 Å². The average Bonchev–Trinajstić information content (AvgIpc) is 3.06. The predicted octanol–water partition coefficient (Wildman–Crippen LogP) is 7.31. The van der Waals surface area contributed by atoms with Crippen LogP contribution in [0.2, 0.25) is 5.02 Å². The highest BCUT2D eigenvalue weighted by Gasteiger charge is 2.06. The first kappa shape index (κ1) is 15.2. The van der Waals surface area contributed by atoms with Crippen molar-refractivity contribution in [1.82, 2.24) is 4.98 Å². The Balaban J connectivity index is 1.54. The summed E-state index contributed by atoms with van der Waals surface area (Å²) in [6.45, 7) is 0. The maximum Gasteiger partial charge on any atom is 0.0471 e. The topological polar surface area (TPSA) is 15.8 Å². The Morgan fingerprint density at radius 3 is 1.77 bits per heavy atom. The van der Waals surface area contributed by atoms with E-state index in [0.717, 1.165) is 5.02 Å². The van der Waals surface area contributed by atoms with Crippen LogP contribution in [-0.2, 0) is 0 Å². The molecule has 0 unspecified atom stereocenters. The van der Waals surface area contributed by atoms with E-state index in [1.165, 1.54) is 44.1 Å². The molecular formula is C24H16ClN. The Morgan fingerprint density at radius 2 is 1.04 bits per heavy atom. The van der Waals surface area contributed by atoms with Gasteiger partial charge in [0, 0.05) is 26.8 Å². The molecule has 1 N–H and O–H groups in total. The Morgan fingerprint density at radius 1 is 0.500 bits per heavy atom. The van der Waals surface area contributed by atoms with Crippen molar-refractivity contribution in [3.63, 3.8) is 0 Å². The van der Waals surface area contributed by atoms with Crippen LogP contribution in [0.25, 0.3) is 44.1 Å². The number of nitrogens with one attached hydrogen (secondary N) is 1. The van der Waals surface area contributed by atoms with Crippen molar-refractivity contribution in [1.29, 1.82) is 0 Å². The molecule has 0 amide bonds. The molecule has 26 heavy (non-hydrogen) atoms. The van der Waals surface area contributed by atoms with Gasteiger partial charge in [-0.3, -0.25) is 0 Å². The molecule has 0 radical (unpaired) electrons. The SMILES string of the molecule is Clc1ccc(-c2ccc(-c3ccc4c(c3)[nH]c3ccccc34)cc2)cc1. The van der Waals surface area contributed by atoms with Crippen LogP contribution in [-0.4, -0.2) is 4.98 Å². The molecule has 0 atom stereocenters. The highest BCUT2D eigenvalue weighted by Crippen LogP contribution is 2.31. The minimum atomic E-state index is 0.761. The van der Waals surface area contributed by atoms with Gasteiger partial charge in [0.2, 0.25) is 0 Å². The summed E-state index contributed by atoms with van der Waals surface area (Å²) < 4.78 is 0. The van der Waals surface area contributed by atoms with E-state index in [1.54, 1.807) is 0 Å². The van der Waals surface area contributed by atoms with Crippen molar-refractivity contribution in [3.8, 4) is 22.3 Å². The van der Waals surface area contributed by atoms with Crippen molar-refractivity contribution >= 4 is 33.4 Å². The number of aromatic amines is 1. The first-order chi connectivity index (χ1) is 12.8. The smallest absolute Gasteiger partial charge is 0.0471 e. The number of fused-ring (bicyclic) bond motifs is 3. The number of rotatable bonds is 2. The average molecular weight is 354 g/mol. The summed E-state index contributed by atoms with van der Waals surface area (Å²) >= 11 is 5.98. The van der Waals surface area contributed by atoms with Gasteiger partial charge in [-0.1, -0.05) is 78.3 Å². The molecule has 0 aliphatic carbocycles. The van der Waals surface area contributed by atoms with E-state index in [9.17, 15) is 0 Å². The Labute approximate surface area is 156 Å². The summed E-state index contributed by atoms with van der Waals surface area (Å²) in [5.41, 5.74) is 7.14. The van der Waals surface area contributed by atoms with Crippen LogP contribution in [0.5, 0.6) is 0 Å². The summed E-state index contributed by atoms with van der Waals surface area (Å²) in [5, 5.41) is 3.30. The molecule has 124 valence electrons. The summed E-state index contributed by atoms with van der Waals surface area (Å²) in [7, 11) is 0. The van der Waals surface area contributed by atoms with Gasteiger partial charge in [-0.25, -0.2) is 0 Å². The van der Waals surface area contributed by atoms with Gasteiger partial charge in [0.05, 0.1) is 0 Å². The maximum atomic E-state index is 5.98. The predicted molar refractivity (Wildman–Crippen MR) is 112 cm³/mol. The fourth-order valence-corrected chi connectivity index (χ4v) is 3.66. The lowest BCUT2D eigenvalue weighted by Gasteiger charge is -2.06. The van der Waals surface area contributed by atoms with Crippen LogP contribution in [0, 0.1) is 0 Å². The van der Waals surface area contributed by atoms with Gasteiger partial charge in [-0.05, 0) is 46.5 Å². The van der Waals surface area contributed by atoms with Crippen molar-refractivity contribution in [3.05, 3.63) is 96.0 Å². The molecule has 4 aromatic carbocycles. The third-order valence-electron chi connectivity index (χ3n) is 4.90. The van der Waals surface area contributed by atoms with Crippen molar-refractivity contribution < 1.29 is 0 Å². The van der Waals surface area contributed by atoms with Crippen LogP contribution in [0.15, 0.2) is 91.0 Å². The molecule has 5 aromatic rings. The molecular weight excluding hydrogens is 338 g/mol. The number of hydrogen-bond acceptors (Lipinski definition) is 0. The van der Waals surface area contributed by atoms with Crippen LogP contribution in [0.3, 0.4) is 0 Å². The number of aromatic nitrogens is 1. The molecule has 1 heterocycles. The molecule has 0 saturated carbocycles. The van der Waals surface area contributed by atoms with E-state index in [-0.39, 0.29) is 0 Å². The lowest BCUT2D eigenvalue weighted by Crippen LogP contribution is -1.81.